The maximum absolute atomic E-state index is 12.9. The van der Waals surface area contributed by atoms with Crippen LogP contribution in [0.3, 0.4) is 0 Å². The van der Waals surface area contributed by atoms with E-state index in [4.69, 9.17) is 0 Å². The van der Waals surface area contributed by atoms with Crippen LogP contribution in [-0.2, 0) is 11.2 Å². The number of carbonyl (C=O) groups excluding carboxylic acids is 2. The van der Waals surface area contributed by atoms with Gasteiger partial charge in [-0.3, -0.25) is 20.4 Å². The number of amides is 2. The minimum atomic E-state index is -0.470. The molecule has 0 atom stereocenters. The van der Waals surface area contributed by atoms with Crippen molar-refractivity contribution in [2.24, 2.45) is 0 Å². The number of benzene rings is 3. The third-order valence-electron chi connectivity index (χ3n) is 4.96. The van der Waals surface area contributed by atoms with E-state index in [-0.39, 0.29) is 18.1 Å². The molecule has 1 aromatic heterocycles. The van der Waals surface area contributed by atoms with Gasteiger partial charge in [-0.15, -0.1) is 0 Å². The van der Waals surface area contributed by atoms with Crippen LogP contribution < -0.4 is 10.9 Å². The van der Waals surface area contributed by atoms with E-state index in [0.29, 0.717) is 23.2 Å². The molecule has 3 N–H and O–H groups in total. The van der Waals surface area contributed by atoms with E-state index >= 15 is 0 Å². The Bertz CT molecular complexity index is 1220. The normalized spacial score (nSPS) is 10.5. The first-order chi connectivity index (χ1) is 15.6. The van der Waals surface area contributed by atoms with Crippen LogP contribution in [0.5, 0.6) is 5.75 Å². The number of aromatic hydroxyl groups is 1. The molecular weight excluding hydrogens is 404 g/mol. The van der Waals surface area contributed by atoms with Gasteiger partial charge in [-0.2, -0.15) is 5.10 Å². The smallest absolute Gasteiger partial charge is 0.273 e. The SMILES string of the molecule is O=C(CCc1ccccc1O)NNC(=O)c1cn(-c2ccccc2)nc1-c1ccccc1. The molecule has 2 amide bonds. The highest BCUT2D eigenvalue weighted by Crippen LogP contribution is 2.23. The lowest BCUT2D eigenvalue weighted by Gasteiger charge is -2.08. The van der Waals surface area contributed by atoms with Crippen LogP contribution >= 0.6 is 0 Å². The molecule has 3 aromatic carbocycles. The Morgan fingerprint density at radius 2 is 1.50 bits per heavy atom. The van der Waals surface area contributed by atoms with E-state index in [0.717, 1.165) is 11.3 Å². The standard InChI is InChI=1S/C25H22N4O3/c30-22-14-8-7-9-18(22)15-16-23(31)26-27-25(32)21-17-29(20-12-5-2-6-13-20)28-24(21)19-10-3-1-4-11-19/h1-14,17,30H,15-16H2,(H,26,31)(H,27,32). The van der Waals surface area contributed by atoms with Crippen molar-refractivity contribution in [1.82, 2.24) is 20.6 Å². The highest BCUT2D eigenvalue weighted by atomic mass is 16.3. The maximum atomic E-state index is 12.9. The van der Waals surface area contributed by atoms with Gasteiger partial charge in [-0.25, -0.2) is 4.68 Å². The molecule has 0 saturated heterocycles. The van der Waals surface area contributed by atoms with E-state index < -0.39 is 5.91 Å². The summed E-state index contributed by atoms with van der Waals surface area (Å²) in [6, 6.07) is 25.7. The van der Waals surface area contributed by atoms with E-state index in [1.54, 1.807) is 35.1 Å². The molecule has 0 aliphatic rings. The van der Waals surface area contributed by atoms with E-state index in [9.17, 15) is 14.7 Å². The van der Waals surface area contributed by atoms with Crippen molar-refractivity contribution >= 4 is 11.8 Å². The van der Waals surface area contributed by atoms with Gasteiger partial charge in [0.05, 0.1) is 11.3 Å². The number of aromatic nitrogens is 2. The monoisotopic (exact) mass is 426 g/mol. The fourth-order valence-corrected chi connectivity index (χ4v) is 3.29. The number of phenols is 1. The van der Waals surface area contributed by atoms with Crippen LogP contribution in [-0.4, -0.2) is 26.7 Å². The molecule has 32 heavy (non-hydrogen) atoms. The first-order valence-corrected chi connectivity index (χ1v) is 10.2. The van der Waals surface area contributed by atoms with Crippen LogP contribution in [0.1, 0.15) is 22.3 Å². The molecule has 0 unspecified atom stereocenters. The molecule has 0 saturated carbocycles. The first-order valence-electron chi connectivity index (χ1n) is 10.2. The summed E-state index contributed by atoms with van der Waals surface area (Å²) in [5.74, 6) is -0.689. The van der Waals surface area contributed by atoms with Crippen LogP contribution in [0.25, 0.3) is 16.9 Å². The zero-order chi connectivity index (χ0) is 22.3. The number of phenolic OH excluding ortho intramolecular Hbond substituents is 1. The second-order valence-corrected chi connectivity index (χ2v) is 7.17. The molecule has 0 radical (unpaired) electrons. The number of rotatable bonds is 6. The number of hydrogen-bond donors (Lipinski definition) is 3. The second-order valence-electron chi connectivity index (χ2n) is 7.17. The number of para-hydroxylation sites is 2. The largest absolute Gasteiger partial charge is 0.508 e. The number of carbonyl (C=O) groups is 2. The molecule has 7 nitrogen and oxygen atoms in total. The maximum Gasteiger partial charge on any atom is 0.273 e. The van der Waals surface area contributed by atoms with Crippen LogP contribution in [0.2, 0.25) is 0 Å². The number of hydrogen-bond acceptors (Lipinski definition) is 4. The third-order valence-corrected chi connectivity index (χ3v) is 4.96. The molecule has 4 rings (SSSR count). The van der Waals surface area contributed by atoms with E-state index in [1.807, 2.05) is 60.7 Å². The van der Waals surface area contributed by atoms with Gasteiger partial charge in [-0.1, -0.05) is 66.7 Å². The van der Waals surface area contributed by atoms with Gasteiger partial charge in [0.25, 0.3) is 5.91 Å². The molecule has 0 aliphatic heterocycles. The molecule has 7 heteroatoms. The lowest BCUT2D eigenvalue weighted by Crippen LogP contribution is -2.41. The molecule has 160 valence electrons. The highest BCUT2D eigenvalue weighted by Gasteiger charge is 2.19. The number of nitrogens with one attached hydrogen (secondary N) is 2. The van der Waals surface area contributed by atoms with Gasteiger partial charge in [-0.05, 0) is 30.2 Å². The van der Waals surface area contributed by atoms with Gasteiger partial charge in [0.1, 0.15) is 11.4 Å². The molecule has 4 aromatic rings. The summed E-state index contributed by atoms with van der Waals surface area (Å²) in [6.07, 6.45) is 2.11. The van der Waals surface area contributed by atoms with Crippen LogP contribution in [0.15, 0.2) is 91.1 Å². The van der Waals surface area contributed by atoms with Crippen molar-refractivity contribution in [3.05, 3.63) is 102 Å². The molecule has 0 spiro atoms. The average molecular weight is 426 g/mol. The van der Waals surface area contributed by atoms with Crippen molar-refractivity contribution in [2.75, 3.05) is 0 Å². The molecular formula is C25H22N4O3. The summed E-state index contributed by atoms with van der Waals surface area (Å²) in [5.41, 5.74) is 8.03. The first kappa shape index (κ1) is 20.9. The Labute approximate surface area is 185 Å². The summed E-state index contributed by atoms with van der Waals surface area (Å²) in [4.78, 5) is 25.1. The molecule has 0 fully saturated rings. The summed E-state index contributed by atoms with van der Waals surface area (Å²) in [7, 11) is 0. The van der Waals surface area contributed by atoms with Crippen molar-refractivity contribution < 1.29 is 14.7 Å². The van der Waals surface area contributed by atoms with Crippen molar-refractivity contribution in [3.63, 3.8) is 0 Å². The van der Waals surface area contributed by atoms with Gasteiger partial charge < -0.3 is 5.11 Å². The van der Waals surface area contributed by atoms with Gasteiger partial charge in [0.15, 0.2) is 0 Å². The molecule has 1 heterocycles. The van der Waals surface area contributed by atoms with Gasteiger partial charge in [0, 0.05) is 18.2 Å². The fourth-order valence-electron chi connectivity index (χ4n) is 3.29. The lowest BCUT2D eigenvalue weighted by atomic mass is 10.1. The van der Waals surface area contributed by atoms with Crippen molar-refractivity contribution in [3.8, 4) is 22.7 Å². The Kier molecular flexibility index (Phi) is 6.27. The van der Waals surface area contributed by atoms with Crippen LogP contribution in [0.4, 0.5) is 0 Å². The number of nitrogens with zero attached hydrogens (tertiary/aromatic N) is 2. The predicted octanol–water partition coefficient (Wildman–Crippen LogP) is 3.64. The third kappa shape index (κ3) is 4.84. The Morgan fingerprint density at radius 3 is 2.22 bits per heavy atom. The van der Waals surface area contributed by atoms with Crippen molar-refractivity contribution in [1.29, 1.82) is 0 Å². The summed E-state index contributed by atoms with van der Waals surface area (Å²) in [6.45, 7) is 0. The zero-order valence-corrected chi connectivity index (χ0v) is 17.2. The van der Waals surface area contributed by atoms with E-state index in [2.05, 4.69) is 16.0 Å². The summed E-state index contributed by atoms with van der Waals surface area (Å²) >= 11 is 0. The summed E-state index contributed by atoms with van der Waals surface area (Å²) < 4.78 is 1.64. The molecule has 0 bridgehead atoms. The topological polar surface area (TPSA) is 96.3 Å². The average Bonchev–Trinajstić information content (AvgIpc) is 3.29. The van der Waals surface area contributed by atoms with E-state index in [1.165, 1.54) is 0 Å². The van der Waals surface area contributed by atoms with Gasteiger partial charge >= 0.3 is 0 Å². The molecule has 0 aliphatic carbocycles. The Hall–Kier alpha value is -4.39. The quantitative estimate of drug-likeness (QED) is 0.410. The van der Waals surface area contributed by atoms with Crippen molar-refractivity contribution in [2.45, 2.75) is 12.8 Å². The predicted molar refractivity (Wildman–Crippen MR) is 121 cm³/mol. The summed E-state index contributed by atoms with van der Waals surface area (Å²) in [5, 5.41) is 14.4. The minimum absolute atomic E-state index is 0.118. The second kappa shape index (κ2) is 9.61. The minimum Gasteiger partial charge on any atom is -0.508 e. The number of aryl methyl sites for hydroxylation is 1. The van der Waals surface area contributed by atoms with Crippen LogP contribution in [0, 0.1) is 0 Å². The highest BCUT2D eigenvalue weighted by molar-refractivity contribution is 6.00. The zero-order valence-electron chi connectivity index (χ0n) is 17.2. The van der Waals surface area contributed by atoms with Gasteiger partial charge in [0.2, 0.25) is 5.91 Å². The lowest BCUT2D eigenvalue weighted by molar-refractivity contribution is -0.121. The fraction of sp³-hybridized carbons (Fsp3) is 0.0800. The Morgan fingerprint density at radius 1 is 0.844 bits per heavy atom. The number of hydrazine groups is 1. The Balaban J connectivity index is 1.48.